The van der Waals surface area contributed by atoms with Crippen LogP contribution in [0.4, 0.5) is 11.4 Å². The van der Waals surface area contributed by atoms with E-state index in [1.807, 2.05) is 37.3 Å². The van der Waals surface area contributed by atoms with E-state index in [9.17, 15) is 8.42 Å². The van der Waals surface area contributed by atoms with Gasteiger partial charge in [-0.15, -0.1) is 0 Å². The molecular formula is C16H16N2O2S. The number of aliphatic imine (C=N–C) groups is 1. The molecule has 0 unspecified atom stereocenters. The summed E-state index contributed by atoms with van der Waals surface area (Å²) in [5.74, 6) is 0. The molecule has 1 N–H and O–H groups in total. The molecule has 1 aliphatic rings. The minimum Gasteiger partial charge on any atom is -0.378 e. The predicted octanol–water partition coefficient (Wildman–Crippen LogP) is 3.28. The smallest absolute Gasteiger partial charge is 0.175 e. The Morgan fingerprint density at radius 2 is 1.71 bits per heavy atom. The van der Waals surface area contributed by atoms with Gasteiger partial charge in [0, 0.05) is 12.0 Å². The first kappa shape index (κ1) is 13.8. The second-order valence-corrected chi connectivity index (χ2v) is 7.24. The molecule has 5 heteroatoms. The zero-order valence-corrected chi connectivity index (χ0v) is 12.7. The third-order valence-electron chi connectivity index (χ3n) is 3.46. The molecule has 3 rings (SSSR count). The van der Waals surface area contributed by atoms with Crippen LogP contribution in [-0.2, 0) is 9.84 Å². The molecule has 21 heavy (non-hydrogen) atoms. The van der Waals surface area contributed by atoms with E-state index in [0.717, 1.165) is 34.8 Å². The third kappa shape index (κ3) is 2.83. The average molecular weight is 300 g/mol. The predicted molar refractivity (Wildman–Crippen MR) is 86.2 cm³/mol. The van der Waals surface area contributed by atoms with Gasteiger partial charge in [0.25, 0.3) is 0 Å². The van der Waals surface area contributed by atoms with Crippen molar-refractivity contribution in [2.45, 2.75) is 11.8 Å². The van der Waals surface area contributed by atoms with E-state index in [2.05, 4.69) is 10.3 Å². The summed E-state index contributed by atoms with van der Waals surface area (Å²) in [6.07, 6.45) is 1.21. The number of nitrogens with one attached hydrogen (secondary N) is 1. The molecule has 2 aromatic carbocycles. The second-order valence-electron chi connectivity index (χ2n) is 5.23. The van der Waals surface area contributed by atoms with Gasteiger partial charge in [0.15, 0.2) is 9.84 Å². The quantitative estimate of drug-likeness (QED) is 0.926. The zero-order valence-electron chi connectivity index (χ0n) is 11.9. The van der Waals surface area contributed by atoms with E-state index in [4.69, 9.17) is 0 Å². The molecule has 108 valence electrons. The highest BCUT2D eigenvalue weighted by Crippen LogP contribution is 2.33. The first-order valence-electron chi connectivity index (χ1n) is 6.66. The summed E-state index contributed by atoms with van der Waals surface area (Å²) in [7, 11) is -3.16. The minimum absolute atomic E-state index is 0.333. The molecule has 0 atom stereocenters. The first-order chi connectivity index (χ1) is 9.93. The number of rotatable bonds is 2. The van der Waals surface area contributed by atoms with Crippen molar-refractivity contribution < 1.29 is 8.42 Å². The largest absolute Gasteiger partial charge is 0.378 e. The van der Waals surface area contributed by atoms with Crippen LogP contribution in [0.15, 0.2) is 52.4 Å². The number of hydrogen-bond donors (Lipinski definition) is 1. The lowest BCUT2D eigenvalue weighted by Crippen LogP contribution is -2.14. The van der Waals surface area contributed by atoms with Crippen molar-refractivity contribution in [3.63, 3.8) is 0 Å². The van der Waals surface area contributed by atoms with E-state index in [-0.39, 0.29) is 0 Å². The SMILES string of the molecule is CC1=Nc2cc(-c3ccc(S(C)(=O)=O)cc3)ccc2NC1. The van der Waals surface area contributed by atoms with E-state index in [1.54, 1.807) is 12.1 Å². The zero-order chi connectivity index (χ0) is 15.0. The number of fused-ring (bicyclic) bond motifs is 1. The molecule has 0 fully saturated rings. The Labute approximate surface area is 124 Å². The van der Waals surface area contributed by atoms with Crippen LogP contribution in [0.3, 0.4) is 0 Å². The Morgan fingerprint density at radius 1 is 1.05 bits per heavy atom. The fourth-order valence-electron chi connectivity index (χ4n) is 2.32. The van der Waals surface area contributed by atoms with Crippen molar-refractivity contribution >= 4 is 26.9 Å². The fraction of sp³-hybridized carbons (Fsp3) is 0.188. The molecule has 0 radical (unpaired) electrons. The Hall–Kier alpha value is -2.14. The van der Waals surface area contributed by atoms with Crippen molar-refractivity contribution in [2.75, 3.05) is 18.1 Å². The molecule has 0 saturated carbocycles. The lowest BCUT2D eigenvalue weighted by atomic mass is 10.0. The minimum atomic E-state index is -3.16. The number of sulfone groups is 1. The van der Waals surface area contributed by atoms with Crippen LogP contribution in [0.2, 0.25) is 0 Å². The van der Waals surface area contributed by atoms with Crippen molar-refractivity contribution in [3.8, 4) is 11.1 Å². The summed E-state index contributed by atoms with van der Waals surface area (Å²) in [4.78, 5) is 4.88. The van der Waals surface area contributed by atoms with E-state index in [1.165, 1.54) is 6.26 Å². The maximum absolute atomic E-state index is 11.5. The maximum atomic E-state index is 11.5. The number of hydrogen-bond acceptors (Lipinski definition) is 4. The summed E-state index contributed by atoms with van der Waals surface area (Å²) in [6.45, 7) is 2.76. The van der Waals surface area contributed by atoms with Gasteiger partial charge < -0.3 is 5.32 Å². The Balaban J connectivity index is 2.00. The highest BCUT2D eigenvalue weighted by molar-refractivity contribution is 7.90. The normalized spacial score (nSPS) is 14.1. The second kappa shape index (κ2) is 5.00. The van der Waals surface area contributed by atoms with Crippen LogP contribution in [0.25, 0.3) is 11.1 Å². The molecule has 0 amide bonds. The van der Waals surface area contributed by atoms with Crippen molar-refractivity contribution in [1.82, 2.24) is 0 Å². The van der Waals surface area contributed by atoms with Gasteiger partial charge in [0.05, 0.1) is 22.8 Å². The number of benzene rings is 2. The first-order valence-corrected chi connectivity index (χ1v) is 8.55. The van der Waals surface area contributed by atoms with E-state index < -0.39 is 9.84 Å². The standard InChI is InChI=1S/C16H16N2O2S/c1-11-10-17-15-8-5-13(9-16(15)18-11)12-3-6-14(7-4-12)21(2,19)20/h3-9,17H,10H2,1-2H3. The summed E-state index contributed by atoms with van der Waals surface area (Å²) < 4.78 is 23.0. The molecule has 0 saturated heterocycles. The summed E-state index contributed by atoms with van der Waals surface area (Å²) in [5, 5.41) is 3.31. The van der Waals surface area contributed by atoms with Gasteiger partial charge in [-0.1, -0.05) is 18.2 Å². The molecule has 2 aromatic rings. The lowest BCUT2D eigenvalue weighted by molar-refractivity contribution is 0.602. The monoisotopic (exact) mass is 300 g/mol. The molecule has 1 aliphatic heterocycles. The van der Waals surface area contributed by atoms with Gasteiger partial charge in [-0.05, 0) is 42.3 Å². The van der Waals surface area contributed by atoms with Crippen LogP contribution in [0, 0.1) is 0 Å². The van der Waals surface area contributed by atoms with Gasteiger partial charge in [-0.3, -0.25) is 4.99 Å². The lowest BCUT2D eigenvalue weighted by Gasteiger charge is -2.16. The Kier molecular flexibility index (Phi) is 3.29. The maximum Gasteiger partial charge on any atom is 0.175 e. The fourth-order valence-corrected chi connectivity index (χ4v) is 2.95. The van der Waals surface area contributed by atoms with E-state index >= 15 is 0 Å². The van der Waals surface area contributed by atoms with Gasteiger partial charge in [0.1, 0.15) is 0 Å². The summed E-state index contributed by atoms with van der Waals surface area (Å²) in [5.41, 5.74) is 4.99. The number of anilines is 1. The van der Waals surface area contributed by atoms with E-state index in [0.29, 0.717) is 4.90 Å². The van der Waals surface area contributed by atoms with Crippen molar-refractivity contribution in [3.05, 3.63) is 42.5 Å². The average Bonchev–Trinajstić information content (AvgIpc) is 2.45. The molecule has 0 aliphatic carbocycles. The summed E-state index contributed by atoms with van der Waals surface area (Å²) in [6, 6.07) is 13.0. The Bertz CT molecular complexity index is 822. The van der Waals surface area contributed by atoms with Crippen LogP contribution >= 0.6 is 0 Å². The highest BCUT2D eigenvalue weighted by Gasteiger charge is 2.11. The van der Waals surface area contributed by atoms with Gasteiger partial charge in [-0.25, -0.2) is 8.42 Å². The number of nitrogens with zero attached hydrogens (tertiary/aromatic N) is 1. The van der Waals surface area contributed by atoms with Crippen molar-refractivity contribution in [2.24, 2.45) is 4.99 Å². The molecule has 1 heterocycles. The third-order valence-corrected chi connectivity index (χ3v) is 4.59. The molecule has 0 spiro atoms. The molecule has 0 bridgehead atoms. The highest BCUT2D eigenvalue weighted by atomic mass is 32.2. The van der Waals surface area contributed by atoms with Gasteiger partial charge in [0.2, 0.25) is 0 Å². The van der Waals surface area contributed by atoms with Crippen LogP contribution < -0.4 is 5.32 Å². The van der Waals surface area contributed by atoms with Crippen LogP contribution in [0.5, 0.6) is 0 Å². The van der Waals surface area contributed by atoms with Crippen LogP contribution in [0.1, 0.15) is 6.92 Å². The topological polar surface area (TPSA) is 58.5 Å². The Morgan fingerprint density at radius 3 is 2.38 bits per heavy atom. The van der Waals surface area contributed by atoms with Crippen molar-refractivity contribution in [1.29, 1.82) is 0 Å². The summed E-state index contributed by atoms with van der Waals surface area (Å²) >= 11 is 0. The van der Waals surface area contributed by atoms with Gasteiger partial charge in [-0.2, -0.15) is 0 Å². The molecule has 0 aromatic heterocycles. The van der Waals surface area contributed by atoms with Crippen LogP contribution in [-0.4, -0.2) is 26.9 Å². The van der Waals surface area contributed by atoms with Gasteiger partial charge >= 0.3 is 0 Å². The molecule has 4 nitrogen and oxygen atoms in total. The molecular weight excluding hydrogens is 284 g/mol.